The number of aryl methyl sites for hydroxylation is 1. The normalized spacial score (nSPS) is 24.8. The van der Waals surface area contributed by atoms with E-state index in [4.69, 9.17) is 14.2 Å². The molecular formula is C17H21NO5. The van der Waals surface area contributed by atoms with Crippen molar-refractivity contribution in [1.29, 1.82) is 0 Å². The minimum atomic E-state index is -0.607. The zero-order valence-corrected chi connectivity index (χ0v) is 13.1. The molecule has 0 saturated carbocycles. The molecule has 0 bridgehead atoms. The van der Waals surface area contributed by atoms with Crippen LogP contribution in [0.5, 0.6) is 0 Å². The molecule has 0 aliphatic carbocycles. The van der Waals surface area contributed by atoms with Crippen LogP contribution >= 0.6 is 0 Å². The molecule has 2 aliphatic heterocycles. The average molecular weight is 319 g/mol. The lowest BCUT2D eigenvalue weighted by Gasteiger charge is -2.41. The summed E-state index contributed by atoms with van der Waals surface area (Å²) in [5, 5.41) is 2.56. The van der Waals surface area contributed by atoms with Gasteiger partial charge in [0.1, 0.15) is 6.10 Å². The molecule has 2 heterocycles. The van der Waals surface area contributed by atoms with E-state index in [1.54, 1.807) is 6.92 Å². The average Bonchev–Trinajstić information content (AvgIpc) is 2.51. The minimum absolute atomic E-state index is 0.304. The maximum absolute atomic E-state index is 12.0. The second-order valence-electron chi connectivity index (χ2n) is 6.17. The molecule has 0 spiro atoms. The Morgan fingerprint density at radius 1 is 1.35 bits per heavy atom. The molecule has 1 amide bonds. The number of hydrogen-bond acceptors (Lipinski definition) is 5. The van der Waals surface area contributed by atoms with E-state index in [1.807, 2.05) is 18.2 Å². The first-order valence-corrected chi connectivity index (χ1v) is 7.90. The minimum Gasteiger partial charge on any atom is -0.458 e. The molecule has 0 radical (unpaired) electrons. The fraction of sp³-hybridized carbons (Fsp3) is 0.529. The van der Waals surface area contributed by atoms with Crippen molar-refractivity contribution in [2.24, 2.45) is 0 Å². The van der Waals surface area contributed by atoms with Gasteiger partial charge in [-0.15, -0.1) is 0 Å². The van der Waals surface area contributed by atoms with Gasteiger partial charge < -0.3 is 19.5 Å². The van der Waals surface area contributed by atoms with Gasteiger partial charge in [-0.25, -0.2) is 9.59 Å². The van der Waals surface area contributed by atoms with Crippen LogP contribution in [-0.2, 0) is 25.4 Å². The Hall–Kier alpha value is -2.08. The van der Waals surface area contributed by atoms with Crippen molar-refractivity contribution in [2.45, 2.75) is 43.9 Å². The summed E-state index contributed by atoms with van der Waals surface area (Å²) >= 11 is 0. The molecule has 6 nitrogen and oxygen atoms in total. The summed E-state index contributed by atoms with van der Waals surface area (Å²) in [6.45, 7) is 2.54. The highest BCUT2D eigenvalue weighted by molar-refractivity contribution is 5.86. The number of ether oxygens (including phenoxy) is 3. The number of cyclic esters (lactones) is 1. The summed E-state index contributed by atoms with van der Waals surface area (Å²) in [5.74, 6) is -0.419. The van der Waals surface area contributed by atoms with E-state index in [2.05, 4.69) is 17.4 Å². The van der Waals surface area contributed by atoms with Gasteiger partial charge in [0.05, 0.1) is 13.2 Å². The first-order valence-electron chi connectivity index (χ1n) is 7.90. The van der Waals surface area contributed by atoms with Crippen molar-refractivity contribution in [3.8, 4) is 0 Å². The molecule has 2 aliphatic rings. The molecule has 2 saturated heterocycles. The van der Waals surface area contributed by atoms with E-state index in [0.717, 1.165) is 19.3 Å². The second kappa shape index (κ2) is 6.58. The number of carbonyl (C=O) groups is 2. The van der Waals surface area contributed by atoms with Crippen LogP contribution in [0.3, 0.4) is 0 Å². The third-order valence-corrected chi connectivity index (χ3v) is 4.28. The first-order chi connectivity index (χ1) is 11.1. The van der Waals surface area contributed by atoms with Gasteiger partial charge in [0.15, 0.2) is 11.6 Å². The highest BCUT2D eigenvalue weighted by Crippen LogP contribution is 2.28. The van der Waals surface area contributed by atoms with Crippen molar-refractivity contribution in [3.05, 3.63) is 35.9 Å². The third-order valence-electron chi connectivity index (χ3n) is 4.28. The van der Waals surface area contributed by atoms with Crippen molar-refractivity contribution in [2.75, 3.05) is 13.2 Å². The fourth-order valence-electron chi connectivity index (χ4n) is 2.82. The zero-order valence-electron chi connectivity index (χ0n) is 13.1. The van der Waals surface area contributed by atoms with Gasteiger partial charge in [-0.05, 0) is 31.7 Å². The summed E-state index contributed by atoms with van der Waals surface area (Å²) in [5.41, 5.74) is 0.689. The molecular weight excluding hydrogens is 298 g/mol. The zero-order chi connectivity index (χ0) is 16.3. The monoisotopic (exact) mass is 319 g/mol. The summed E-state index contributed by atoms with van der Waals surface area (Å²) in [4.78, 5) is 23.2. The third kappa shape index (κ3) is 3.64. The fourth-order valence-corrected chi connectivity index (χ4v) is 2.82. The van der Waals surface area contributed by atoms with Gasteiger partial charge in [0, 0.05) is 0 Å². The van der Waals surface area contributed by atoms with Gasteiger partial charge in [-0.1, -0.05) is 30.3 Å². The van der Waals surface area contributed by atoms with Gasteiger partial charge in [0.2, 0.25) is 0 Å². The Bertz CT molecular complexity index is 570. The number of nitrogens with one attached hydrogen (secondary N) is 1. The van der Waals surface area contributed by atoms with Crippen molar-refractivity contribution >= 4 is 12.1 Å². The molecule has 6 heteroatoms. The SMILES string of the molecule is C[C@@H]1OC(=O)[C@@H]1NC(=O)OC1(CCCc2ccccc2)COC1. The largest absolute Gasteiger partial charge is 0.458 e. The van der Waals surface area contributed by atoms with Crippen LogP contribution in [0.15, 0.2) is 30.3 Å². The Kier molecular flexibility index (Phi) is 4.52. The smallest absolute Gasteiger partial charge is 0.408 e. The Labute approximate surface area is 135 Å². The first kappa shape index (κ1) is 15.8. The Morgan fingerprint density at radius 3 is 2.65 bits per heavy atom. The molecule has 1 aromatic rings. The van der Waals surface area contributed by atoms with Crippen molar-refractivity contribution < 1.29 is 23.8 Å². The number of carbonyl (C=O) groups excluding carboxylic acids is 2. The van der Waals surface area contributed by atoms with Crippen LogP contribution in [0.25, 0.3) is 0 Å². The van der Waals surface area contributed by atoms with E-state index < -0.39 is 23.7 Å². The number of alkyl carbamates (subject to hydrolysis) is 1. The van der Waals surface area contributed by atoms with E-state index >= 15 is 0 Å². The molecule has 3 rings (SSSR count). The summed E-state index contributed by atoms with van der Waals surface area (Å²) in [6, 6.07) is 9.58. The molecule has 2 fully saturated rings. The van der Waals surface area contributed by atoms with E-state index in [9.17, 15) is 9.59 Å². The van der Waals surface area contributed by atoms with Crippen molar-refractivity contribution in [1.82, 2.24) is 5.32 Å². The Morgan fingerprint density at radius 2 is 2.09 bits per heavy atom. The van der Waals surface area contributed by atoms with Gasteiger partial charge >= 0.3 is 12.1 Å². The highest BCUT2D eigenvalue weighted by Gasteiger charge is 2.45. The van der Waals surface area contributed by atoms with E-state index in [0.29, 0.717) is 13.2 Å². The molecule has 23 heavy (non-hydrogen) atoms. The molecule has 2 atom stereocenters. The van der Waals surface area contributed by atoms with Gasteiger partial charge in [-0.2, -0.15) is 0 Å². The van der Waals surface area contributed by atoms with Crippen molar-refractivity contribution in [3.63, 3.8) is 0 Å². The quantitative estimate of drug-likeness (QED) is 0.810. The summed E-state index contributed by atoms with van der Waals surface area (Å²) < 4.78 is 15.6. The lowest BCUT2D eigenvalue weighted by atomic mass is 9.93. The topological polar surface area (TPSA) is 73.9 Å². The van der Waals surface area contributed by atoms with Crippen LogP contribution in [0.4, 0.5) is 4.79 Å². The van der Waals surface area contributed by atoms with E-state index in [1.165, 1.54) is 5.56 Å². The second-order valence-corrected chi connectivity index (χ2v) is 6.17. The highest BCUT2D eigenvalue weighted by atomic mass is 16.6. The van der Waals surface area contributed by atoms with Crippen LogP contribution in [0.2, 0.25) is 0 Å². The van der Waals surface area contributed by atoms with Gasteiger partial charge in [0.25, 0.3) is 0 Å². The lowest BCUT2D eigenvalue weighted by Crippen LogP contribution is -2.61. The van der Waals surface area contributed by atoms with Crippen LogP contribution in [-0.4, -0.2) is 43.0 Å². The Balaban J connectivity index is 1.46. The van der Waals surface area contributed by atoms with E-state index in [-0.39, 0.29) is 6.10 Å². The maximum Gasteiger partial charge on any atom is 0.408 e. The van der Waals surface area contributed by atoms with Crippen LogP contribution in [0, 0.1) is 0 Å². The number of hydrogen-bond donors (Lipinski definition) is 1. The van der Waals surface area contributed by atoms with Crippen LogP contribution in [0.1, 0.15) is 25.3 Å². The molecule has 0 aromatic heterocycles. The maximum atomic E-state index is 12.0. The standard InChI is InChI=1S/C17H21NO5/c1-12-14(15(19)22-12)18-16(20)23-17(10-21-11-17)9-5-8-13-6-3-2-4-7-13/h2-4,6-7,12,14H,5,8-11H2,1H3,(H,18,20)/t12-,14+/m0/s1. The summed E-state index contributed by atoms with van der Waals surface area (Å²) in [7, 11) is 0. The number of rotatable bonds is 6. The predicted octanol–water partition coefficient (Wildman–Crippen LogP) is 1.82. The lowest BCUT2D eigenvalue weighted by molar-refractivity contribution is -0.187. The number of benzene rings is 1. The number of amides is 1. The van der Waals surface area contributed by atoms with Crippen LogP contribution < -0.4 is 5.32 Å². The molecule has 1 N–H and O–H groups in total. The molecule has 1 aromatic carbocycles. The predicted molar refractivity (Wildman–Crippen MR) is 81.9 cm³/mol. The number of esters is 1. The molecule has 124 valence electrons. The van der Waals surface area contributed by atoms with Gasteiger partial charge in [-0.3, -0.25) is 0 Å². The molecule has 0 unspecified atom stereocenters. The summed E-state index contributed by atoms with van der Waals surface area (Å²) in [6.07, 6.45) is 1.69.